The number of nitrogens with zero attached hydrogens (tertiary/aromatic N) is 2. The SMILES string of the molecule is O=S(=O)(CCO)C1C=C(COc2ccc(-c3ccn[nH]3)nc2)C=CC1. The van der Waals surface area contributed by atoms with Crippen molar-refractivity contribution in [1.29, 1.82) is 0 Å². The molecule has 2 aromatic heterocycles. The lowest BCUT2D eigenvalue weighted by Gasteiger charge is -2.17. The second-order valence-corrected chi connectivity index (χ2v) is 7.99. The van der Waals surface area contributed by atoms with Crippen molar-refractivity contribution < 1.29 is 18.3 Å². The van der Waals surface area contributed by atoms with Crippen LogP contribution in [0, 0.1) is 0 Å². The predicted molar refractivity (Wildman–Crippen MR) is 93.8 cm³/mol. The summed E-state index contributed by atoms with van der Waals surface area (Å²) in [7, 11) is -3.33. The van der Waals surface area contributed by atoms with Crippen molar-refractivity contribution in [3.63, 3.8) is 0 Å². The molecule has 1 unspecified atom stereocenters. The monoisotopic (exact) mass is 361 g/mol. The van der Waals surface area contributed by atoms with Gasteiger partial charge >= 0.3 is 0 Å². The summed E-state index contributed by atoms with van der Waals surface area (Å²) in [6.07, 6.45) is 9.06. The van der Waals surface area contributed by atoms with Crippen molar-refractivity contribution >= 4 is 9.84 Å². The van der Waals surface area contributed by atoms with E-state index in [0.717, 1.165) is 17.0 Å². The third-order valence-electron chi connectivity index (χ3n) is 3.86. The first-order valence-electron chi connectivity index (χ1n) is 7.87. The molecule has 1 atom stereocenters. The molecule has 0 aromatic carbocycles. The van der Waals surface area contributed by atoms with E-state index >= 15 is 0 Å². The zero-order chi connectivity index (χ0) is 17.7. The number of pyridine rings is 1. The number of H-pyrrole nitrogens is 1. The Morgan fingerprint density at radius 3 is 2.88 bits per heavy atom. The van der Waals surface area contributed by atoms with Crippen LogP contribution < -0.4 is 4.74 Å². The molecule has 2 N–H and O–H groups in total. The lowest BCUT2D eigenvalue weighted by Crippen LogP contribution is -2.25. The smallest absolute Gasteiger partial charge is 0.159 e. The Hall–Kier alpha value is -2.45. The van der Waals surface area contributed by atoms with Gasteiger partial charge in [0.05, 0.1) is 35.2 Å². The molecule has 2 aromatic rings. The summed E-state index contributed by atoms with van der Waals surface area (Å²) in [4.78, 5) is 4.31. The summed E-state index contributed by atoms with van der Waals surface area (Å²) < 4.78 is 29.8. The minimum absolute atomic E-state index is 0.227. The number of aliphatic hydroxyl groups excluding tert-OH is 1. The topological polar surface area (TPSA) is 105 Å². The molecule has 8 heteroatoms. The Bertz CT molecular complexity index is 856. The number of sulfone groups is 1. The first-order valence-corrected chi connectivity index (χ1v) is 9.58. The average Bonchev–Trinajstić information content (AvgIpc) is 3.15. The van der Waals surface area contributed by atoms with Gasteiger partial charge in [-0.15, -0.1) is 0 Å². The maximum Gasteiger partial charge on any atom is 0.159 e. The van der Waals surface area contributed by atoms with Crippen LogP contribution in [0.4, 0.5) is 0 Å². The summed E-state index contributed by atoms with van der Waals surface area (Å²) in [5.74, 6) is 0.368. The van der Waals surface area contributed by atoms with Crippen molar-refractivity contribution in [3.8, 4) is 17.1 Å². The van der Waals surface area contributed by atoms with Gasteiger partial charge in [0.25, 0.3) is 0 Å². The Balaban J connectivity index is 1.63. The molecule has 3 rings (SSSR count). The van der Waals surface area contributed by atoms with Crippen LogP contribution >= 0.6 is 0 Å². The molecule has 1 aliphatic carbocycles. The van der Waals surface area contributed by atoms with E-state index in [4.69, 9.17) is 9.84 Å². The number of aliphatic hydroxyl groups is 1. The molecule has 1 aliphatic rings. The van der Waals surface area contributed by atoms with Crippen LogP contribution in [0.3, 0.4) is 0 Å². The summed E-state index contributed by atoms with van der Waals surface area (Å²) in [5.41, 5.74) is 2.37. The van der Waals surface area contributed by atoms with E-state index in [0.29, 0.717) is 12.2 Å². The fraction of sp³-hybridized carbons (Fsp3) is 0.294. The van der Waals surface area contributed by atoms with E-state index < -0.39 is 15.1 Å². The summed E-state index contributed by atoms with van der Waals surface area (Å²) in [6.45, 7) is -0.108. The summed E-state index contributed by atoms with van der Waals surface area (Å²) >= 11 is 0. The van der Waals surface area contributed by atoms with Gasteiger partial charge in [-0.25, -0.2) is 8.42 Å². The maximum atomic E-state index is 12.1. The van der Waals surface area contributed by atoms with E-state index in [-0.39, 0.29) is 19.0 Å². The second kappa shape index (κ2) is 7.62. The molecule has 0 saturated heterocycles. The number of rotatable bonds is 7. The molecule has 7 nitrogen and oxygen atoms in total. The number of hydrogen-bond acceptors (Lipinski definition) is 6. The predicted octanol–water partition coefficient (Wildman–Crippen LogP) is 1.51. The number of aromatic nitrogens is 3. The highest BCUT2D eigenvalue weighted by Crippen LogP contribution is 2.21. The van der Waals surface area contributed by atoms with Gasteiger partial charge in [0.2, 0.25) is 0 Å². The van der Waals surface area contributed by atoms with E-state index in [1.165, 1.54) is 0 Å². The second-order valence-electron chi connectivity index (χ2n) is 5.65. The van der Waals surface area contributed by atoms with Gasteiger partial charge in [0, 0.05) is 6.20 Å². The van der Waals surface area contributed by atoms with E-state index in [1.54, 1.807) is 24.5 Å². The molecule has 0 spiro atoms. The third-order valence-corrected chi connectivity index (χ3v) is 5.86. The lowest BCUT2D eigenvalue weighted by molar-refractivity contribution is 0.319. The molecule has 0 radical (unpaired) electrons. The van der Waals surface area contributed by atoms with Crippen molar-refractivity contribution in [2.24, 2.45) is 0 Å². The number of hydrogen-bond donors (Lipinski definition) is 2. The average molecular weight is 361 g/mol. The van der Waals surface area contributed by atoms with Crippen molar-refractivity contribution in [2.45, 2.75) is 11.7 Å². The van der Waals surface area contributed by atoms with Gasteiger partial charge < -0.3 is 9.84 Å². The van der Waals surface area contributed by atoms with Crippen LogP contribution in [0.15, 0.2) is 54.4 Å². The van der Waals surface area contributed by atoms with Crippen LogP contribution in [-0.4, -0.2) is 52.9 Å². The third kappa shape index (κ3) is 4.34. The molecule has 25 heavy (non-hydrogen) atoms. The molecular weight excluding hydrogens is 342 g/mol. The van der Waals surface area contributed by atoms with Crippen LogP contribution in [0.5, 0.6) is 5.75 Å². The zero-order valence-electron chi connectivity index (χ0n) is 13.5. The summed E-state index contributed by atoms with van der Waals surface area (Å²) in [5, 5.41) is 15.0. The molecule has 2 heterocycles. The van der Waals surface area contributed by atoms with Gasteiger partial charge in [-0.1, -0.05) is 18.2 Å². The van der Waals surface area contributed by atoms with Gasteiger partial charge in [0.15, 0.2) is 9.84 Å². The molecule has 0 bridgehead atoms. The highest BCUT2D eigenvalue weighted by molar-refractivity contribution is 7.92. The van der Waals surface area contributed by atoms with E-state index in [9.17, 15) is 8.42 Å². The highest BCUT2D eigenvalue weighted by atomic mass is 32.2. The van der Waals surface area contributed by atoms with Gasteiger partial charge in [-0.2, -0.15) is 5.10 Å². The van der Waals surface area contributed by atoms with Crippen LogP contribution in [0.2, 0.25) is 0 Å². The van der Waals surface area contributed by atoms with E-state index in [2.05, 4.69) is 15.2 Å². The maximum absolute atomic E-state index is 12.1. The minimum Gasteiger partial charge on any atom is -0.487 e. The van der Waals surface area contributed by atoms with Crippen LogP contribution in [0.25, 0.3) is 11.4 Å². The fourth-order valence-corrected chi connectivity index (χ4v) is 3.87. The number of nitrogens with one attached hydrogen (secondary N) is 1. The van der Waals surface area contributed by atoms with Crippen molar-refractivity contribution in [3.05, 3.63) is 54.4 Å². The molecule has 0 saturated carbocycles. The van der Waals surface area contributed by atoms with Crippen molar-refractivity contribution in [1.82, 2.24) is 15.2 Å². The molecule has 0 amide bonds. The van der Waals surface area contributed by atoms with Crippen LogP contribution in [0.1, 0.15) is 6.42 Å². The number of ether oxygens (including phenoxy) is 1. The fourth-order valence-electron chi connectivity index (χ4n) is 2.53. The van der Waals surface area contributed by atoms with Crippen LogP contribution in [-0.2, 0) is 9.84 Å². The lowest BCUT2D eigenvalue weighted by atomic mass is 10.1. The quantitative estimate of drug-likeness (QED) is 0.774. The Labute approximate surface area is 146 Å². The van der Waals surface area contributed by atoms with Crippen molar-refractivity contribution in [2.75, 3.05) is 19.0 Å². The first-order chi connectivity index (χ1) is 12.1. The molecule has 0 aliphatic heterocycles. The molecule has 0 fully saturated rings. The number of aromatic amines is 1. The Morgan fingerprint density at radius 1 is 1.32 bits per heavy atom. The summed E-state index contributed by atoms with van der Waals surface area (Å²) in [6, 6.07) is 5.45. The highest BCUT2D eigenvalue weighted by Gasteiger charge is 2.24. The largest absolute Gasteiger partial charge is 0.487 e. The normalized spacial score (nSPS) is 17.3. The Kier molecular flexibility index (Phi) is 5.30. The standard InChI is InChI=1S/C17H19N3O4S/c21-8-9-25(22,23)15-3-1-2-13(10-15)12-24-14-4-5-16(18-11-14)17-6-7-19-20-17/h1-2,4-7,10-11,15,21H,3,8-9,12H2,(H,19,20). The van der Waals surface area contributed by atoms with E-state index in [1.807, 2.05) is 24.3 Å². The molecule has 132 valence electrons. The first kappa shape index (κ1) is 17.4. The van der Waals surface area contributed by atoms with Gasteiger partial charge in [-0.05, 0) is 30.2 Å². The minimum atomic E-state index is -3.33. The zero-order valence-corrected chi connectivity index (χ0v) is 14.3. The van der Waals surface area contributed by atoms with Gasteiger partial charge in [0.1, 0.15) is 12.4 Å². The number of allylic oxidation sites excluding steroid dienone is 1. The van der Waals surface area contributed by atoms with Gasteiger partial charge in [-0.3, -0.25) is 10.1 Å². The molecular formula is C17H19N3O4S. The Morgan fingerprint density at radius 2 is 2.20 bits per heavy atom.